The number of hydrogen-bond acceptors (Lipinski definition) is 16. The van der Waals surface area contributed by atoms with Crippen molar-refractivity contribution in [2.45, 2.75) is 92.1 Å². The Morgan fingerprint density at radius 3 is 1.18 bits per heavy atom. The second-order valence-corrected chi connectivity index (χ2v) is 8.34. The van der Waals surface area contributed by atoms with Crippen LogP contribution in [0.3, 0.4) is 0 Å². The molecule has 0 aromatic rings. The van der Waals surface area contributed by atoms with Gasteiger partial charge in [0, 0.05) is 0 Å². The summed E-state index contributed by atoms with van der Waals surface area (Å²) in [6, 6.07) is 0. The van der Waals surface area contributed by atoms with Crippen molar-refractivity contribution in [2.75, 3.05) is 19.8 Å². The maximum Gasteiger partial charge on any atom is 0.189 e. The first-order valence-electron chi connectivity index (χ1n) is 10.6. The summed E-state index contributed by atoms with van der Waals surface area (Å²) in [7, 11) is 0. The molecule has 200 valence electrons. The van der Waals surface area contributed by atoms with E-state index in [1.165, 1.54) is 0 Å². The van der Waals surface area contributed by atoms with E-state index in [1.54, 1.807) is 0 Å². The van der Waals surface area contributed by atoms with Crippen molar-refractivity contribution in [3.63, 3.8) is 0 Å². The molecule has 0 radical (unpaired) electrons. The van der Waals surface area contributed by atoms with Crippen molar-refractivity contribution in [1.29, 1.82) is 0 Å². The van der Waals surface area contributed by atoms with Gasteiger partial charge >= 0.3 is 0 Å². The molecule has 3 saturated heterocycles. The van der Waals surface area contributed by atoms with Gasteiger partial charge in [-0.2, -0.15) is 0 Å². The fraction of sp³-hybridized carbons (Fsp3) is 1.00. The van der Waals surface area contributed by atoms with Crippen LogP contribution in [0.5, 0.6) is 0 Å². The highest BCUT2D eigenvalue weighted by molar-refractivity contribution is 4.95. The number of aliphatic hydroxyl groups is 11. The number of aliphatic hydroxyl groups excluding tert-OH is 11. The number of rotatable bonds is 7. The second kappa shape index (κ2) is 11.6. The van der Waals surface area contributed by atoms with E-state index in [0.717, 1.165) is 0 Å². The molecule has 13 unspecified atom stereocenters. The zero-order chi connectivity index (χ0) is 25.3. The van der Waals surface area contributed by atoms with Crippen molar-refractivity contribution < 1.29 is 79.9 Å². The molecule has 3 heterocycles. The Morgan fingerprint density at radius 1 is 0.412 bits per heavy atom. The zero-order valence-corrected chi connectivity index (χ0v) is 17.7. The molecule has 3 rings (SSSR count). The summed E-state index contributed by atoms with van der Waals surface area (Å²) in [4.78, 5) is 0. The summed E-state index contributed by atoms with van der Waals surface area (Å²) in [5, 5.41) is 109. The standard InChI is InChI=1S/C18H32O16/c19-1-4-7(22)9(24)12(27)16(30-4)33-15-6(3-21)32-18(14(29)11(15)26)34-17-13(28)10(25)8(23)5(2-20)31-17/h4-29H,1-3H2/t4?,5?,6?,7?,8?,9?,10?,11?,12-,13?,14-,15?,16?,17?,18?/m0/s1. The Morgan fingerprint density at radius 2 is 0.765 bits per heavy atom. The molecular formula is C18H32O16. The normalized spacial score (nSPS) is 52.5. The Kier molecular flexibility index (Phi) is 9.54. The fourth-order valence-corrected chi connectivity index (χ4v) is 3.98. The number of ether oxygens (including phenoxy) is 5. The Labute approximate surface area is 192 Å². The molecule has 0 bridgehead atoms. The lowest BCUT2D eigenvalue weighted by Crippen LogP contribution is -2.66. The summed E-state index contributed by atoms with van der Waals surface area (Å²) >= 11 is 0. The Hall–Kier alpha value is -0.640. The van der Waals surface area contributed by atoms with E-state index in [1.807, 2.05) is 0 Å². The third kappa shape index (κ3) is 5.37. The van der Waals surface area contributed by atoms with Gasteiger partial charge in [-0.3, -0.25) is 0 Å². The zero-order valence-electron chi connectivity index (χ0n) is 17.7. The SMILES string of the molecule is OCC1OC(OC2OC(CO)C(OC3OC(CO)C(O)C(O)[C@@H]3O)C(O)[C@@H]2O)C(O)C(O)C1O. The first-order valence-corrected chi connectivity index (χ1v) is 10.6. The van der Waals surface area contributed by atoms with Gasteiger partial charge in [-0.05, 0) is 0 Å². The summed E-state index contributed by atoms with van der Waals surface area (Å²) < 4.78 is 26.5. The molecule has 16 nitrogen and oxygen atoms in total. The molecule has 0 spiro atoms. The van der Waals surface area contributed by atoms with Crippen LogP contribution in [0.1, 0.15) is 0 Å². The minimum absolute atomic E-state index is 0.740. The molecule has 0 saturated carbocycles. The molecule has 15 atom stereocenters. The summed E-state index contributed by atoms with van der Waals surface area (Å²) in [6.45, 7) is -2.30. The smallest absolute Gasteiger partial charge is 0.189 e. The average Bonchev–Trinajstić information content (AvgIpc) is 2.83. The topological polar surface area (TPSA) is 269 Å². The maximum absolute atomic E-state index is 10.6. The molecular weight excluding hydrogens is 472 g/mol. The quantitative estimate of drug-likeness (QED) is 0.154. The molecule has 16 heteroatoms. The predicted octanol–water partition coefficient (Wildman–Crippen LogP) is -7.57. The van der Waals surface area contributed by atoms with Gasteiger partial charge in [0.15, 0.2) is 18.9 Å². The van der Waals surface area contributed by atoms with Crippen molar-refractivity contribution in [3.05, 3.63) is 0 Å². The van der Waals surface area contributed by atoms with E-state index < -0.39 is 112 Å². The highest BCUT2D eigenvalue weighted by Crippen LogP contribution is 2.31. The summed E-state index contributed by atoms with van der Waals surface area (Å²) in [5.41, 5.74) is 0. The first kappa shape index (κ1) is 27.9. The van der Waals surface area contributed by atoms with Crippen molar-refractivity contribution in [1.82, 2.24) is 0 Å². The van der Waals surface area contributed by atoms with Crippen LogP contribution in [0.25, 0.3) is 0 Å². The highest BCUT2D eigenvalue weighted by atomic mass is 16.8. The lowest BCUT2D eigenvalue weighted by atomic mass is 9.96. The van der Waals surface area contributed by atoms with E-state index in [-0.39, 0.29) is 0 Å². The number of hydrogen-bond donors (Lipinski definition) is 11. The monoisotopic (exact) mass is 504 g/mol. The van der Waals surface area contributed by atoms with Crippen LogP contribution >= 0.6 is 0 Å². The second-order valence-electron chi connectivity index (χ2n) is 8.34. The van der Waals surface area contributed by atoms with Gasteiger partial charge in [-0.15, -0.1) is 0 Å². The fourth-order valence-electron chi connectivity index (χ4n) is 3.98. The van der Waals surface area contributed by atoms with E-state index in [2.05, 4.69) is 0 Å². The Balaban J connectivity index is 1.69. The molecule has 3 fully saturated rings. The van der Waals surface area contributed by atoms with Crippen LogP contribution in [0.4, 0.5) is 0 Å². The Bertz CT molecular complexity index is 635. The molecule has 34 heavy (non-hydrogen) atoms. The third-order valence-corrected chi connectivity index (χ3v) is 6.08. The van der Waals surface area contributed by atoms with Gasteiger partial charge < -0.3 is 79.9 Å². The largest absolute Gasteiger partial charge is 0.394 e. The van der Waals surface area contributed by atoms with Crippen LogP contribution in [0, 0.1) is 0 Å². The van der Waals surface area contributed by atoms with Crippen molar-refractivity contribution in [2.24, 2.45) is 0 Å². The summed E-state index contributed by atoms with van der Waals surface area (Å²) in [5.74, 6) is 0. The van der Waals surface area contributed by atoms with Crippen LogP contribution in [-0.2, 0) is 23.7 Å². The molecule has 0 aromatic heterocycles. The van der Waals surface area contributed by atoms with E-state index in [4.69, 9.17) is 23.7 Å². The van der Waals surface area contributed by atoms with E-state index in [0.29, 0.717) is 0 Å². The van der Waals surface area contributed by atoms with Gasteiger partial charge in [-0.1, -0.05) is 0 Å². The molecule has 3 aliphatic heterocycles. The summed E-state index contributed by atoms with van der Waals surface area (Å²) in [6.07, 6.45) is -25.1. The van der Waals surface area contributed by atoms with Crippen molar-refractivity contribution >= 4 is 0 Å². The van der Waals surface area contributed by atoms with Crippen LogP contribution < -0.4 is 0 Å². The van der Waals surface area contributed by atoms with Crippen LogP contribution in [0.2, 0.25) is 0 Å². The molecule has 0 aromatic carbocycles. The third-order valence-electron chi connectivity index (χ3n) is 6.08. The van der Waals surface area contributed by atoms with Crippen LogP contribution in [-0.4, -0.2) is 168 Å². The van der Waals surface area contributed by atoms with Gasteiger partial charge in [0.25, 0.3) is 0 Å². The molecule has 11 N–H and O–H groups in total. The first-order chi connectivity index (χ1) is 16.0. The van der Waals surface area contributed by atoms with Gasteiger partial charge in [0.2, 0.25) is 0 Å². The minimum Gasteiger partial charge on any atom is -0.394 e. The average molecular weight is 504 g/mol. The lowest BCUT2D eigenvalue weighted by Gasteiger charge is -2.47. The molecule has 0 aliphatic carbocycles. The predicted molar refractivity (Wildman–Crippen MR) is 101 cm³/mol. The highest BCUT2D eigenvalue weighted by Gasteiger charge is 2.52. The van der Waals surface area contributed by atoms with Crippen LogP contribution in [0.15, 0.2) is 0 Å². The molecule has 0 amide bonds. The maximum atomic E-state index is 10.6. The van der Waals surface area contributed by atoms with Crippen molar-refractivity contribution in [3.8, 4) is 0 Å². The van der Waals surface area contributed by atoms with E-state index in [9.17, 15) is 56.2 Å². The van der Waals surface area contributed by atoms with Gasteiger partial charge in [0.1, 0.15) is 73.2 Å². The molecule has 3 aliphatic rings. The lowest BCUT2D eigenvalue weighted by molar-refractivity contribution is -0.391. The van der Waals surface area contributed by atoms with E-state index >= 15 is 0 Å². The van der Waals surface area contributed by atoms with Gasteiger partial charge in [-0.25, -0.2) is 0 Å². The van der Waals surface area contributed by atoms with Gasteiger partial charge in [0.05, 0.1) is 19.8 Å². The minimum atomic E-state index is -1.91.